The zero-order valence-electron chi connectivity index (χ0n) is 15.8. The number of carbonyl (C=O) groups is 1. The van der Waals surface area contributed by atoms with Gasteiger partial charge in [0.05, 0.1) is 5.69 Å². The molecule has 0 radical (unpaired) electrons. The topological polar surface area (TPSA) is 58.8 Å². The zero-order chi connectivity index (χ0) is 18.5. The molecule has 1 aromatic carbocycles. The van der Waals surface area contributed by atoms with Gasteiger partial charge in [0.2, 0.25) is 0 Å². The Bertz CT molecular complexity index is 720. The molecule has 6 heteroatoms. The molecule has 1 saturated heterocycles. The van der Waals surface area contributed by atoms with Crippen LogP contribution in [-0.2, 0) is 11.3 Å². The highest BCUT2D eigenvalue weighted by Crippen LogP contribution is 2.17. The lowest BCUT2D eigenvalue weighted by molar-refractivity contribution is -0.133. The minimum absolute atomic E-state index is 0.0461. The third-order valence-electron chi connectivity index (χ3n) is 4.89. The van der Waals surface area contributed by atoms with Crippen molar-refractivity contribution in [2.75, 3.05) is 32.8 Å². The van der Waals surface area contributed by atoms with E-state index in [1.165, 1.54) is 5.56 Å². The van der Waals surface area contributed by atoms with E-state index in [-0.39, 0.29) is 12.5 Å². The maximum Gasteiger partial charge on any atom is 0.260 e. The number of nitrogens with zero attached hydrogens (tertiary/aromatic N) is 3. The van der Waals surface area contributed by atoms with E-state index in [2.05, 4.69) is 10.1 Å². The molecule has 0 saturated carbocycles. The van der Waals surface area contributed by atoms with E-state index in [0.29, 0.717) is 0 Å². The molecule has 1 aromatic heterocycles. The van der Waals surface area contributed by atoms with Crippen molar-refractivity contribution >= 4 is 5.91 Å². The molecule has 1 aliphatic heterocycles. The average Bonchev–Trinajstić information content (AvgIpc) is 2.83. The summed E-state index contributed by atoms with van der Waals surface area (Å²) in [5.41, 5.74) is 3.29. The molecule has 0 unspecified atom stereocenters. The third-order valence-corrected chi connectivity index (χ3v) is 4.89. The SMILES string of the molecule is Cc1ccc(OCC(=O)N2CCCN(Cc3c(C)noc3C)CC2)cc1. The van der Waals surface area contributed by atoms with Gasteiger partial charge in [-0.25, -0.2) is 0 Å². The summed E-state index contributed by atoms with van der Waals surface area (Å²) in [6.07, 6.45) is 0.958. The van der Waals surface area contributed by atoms with Crippen molar-refractivity contribution in [2.45, 2.75) is 33.7 Å². The first-order chi connectivity index (χ1) is 12.5. The molecular weight excluding hydrogens is 330 g/mol. The van der Waals surface area contributed by atoms with Crippen LogP contribution in [0.15, 0.2) is 28.8 Å². The lowest BCUT2D eigenvalue weighted by Gasteiger charge is -2.22. The van der Waals surface area contributed by atoms with Gasteiger partial charge in [-0.2, -0.15) is 0 Å². The Kier molecular flexibility index (Phi) is 5.93. The maximum atomic E-state index is 12.5. The summed E-state index contributed by atoms with van der Waals surface area (Å²) in [5.74, 6) is 1.66. The van der Waals surface area contributed by atoms with E-state index in [9.17, 15) is 4.79 Å². The predicted molar refractivity (Wildman–Crippen MR) is 99.1 cm³/mol. The first-order valence-corrected chi connectivity index (χ1v) is 9.14. The minimum Gasteiger partial charge on any atom is -0.484 e. The van der Waals surface area contributed by atoms with Crippen LogP contribution in [0.4, 0.5) is 0 Å². The summed E-state index contributed by atoms with van der Waals surface area (Å²) >= 11 is 0. The van der Waals surface area contributed by atoms with Crippen molar-refractivity contribution in [3.63, 3.8) is 0 Å². The summed E-state index contributed by atoms with van der Waals surface area (Å²) in [5, 5.41) is 4.02. The molecule has 6 nitrogen and oxygen atoms in total. The van der Waals surface area contributed by atoms with Crippen LogP contribution < -0.4 is 4.74 Å². The van der Waals surface area contributed by atoms with Gasteiger partial charge >= 0.3 is 0 Å². The fraction of sp³-hybridized carbons (Fsp3) is 0.500. The lowest BCUT2D eigenvalue weighted by Crippen LogP contribution is -2.38. The third kappa shape index (κ3) is 4.64. The molecule has 0 spiro atoms. The van der Waals surface area contributed by atoms with Crippen LogP contribution in [0.25, 0.3) is 0 Å². The molecule has 0 bridgehead atoms. The number of benzene rings is 1. The molecule has 1 aliphatic rings. The fourth-order valence-corrected chi connectivity index (χ4v) is 3.20. The van der Waals surface area contributed by atoms with E-state index >= 15 is 0 Å². The Morgan fingerprint density at radius 2 is 1.88 bits per heavy atom. The summed E-state index contributed by atoms with van der Waals surface area (Å²) in [6, 6.07) is 7.77. The Morgan fingerprint density at radius 1 is 1.12 bits per heavy atom. The number of aromatic nitrogens is 1. The van der Waals surface area contributed by atoms with Crippen molar-refractivity contribution in [3.8, 4) is 5.75 Å². The number of carbonyl (C=O) groups excluding carboxylic acids is 1. The van der Waals surface area contributed by atoms with Crippen LogP contribution in [-0.4, -0.2) is 53.6 Å². The number of hydrogen-bond donors (Lipinski definition) is 0. The van der Waals surface area contributed by atoms with Gasteiger partial charge in [0, 0.05) is 38.3 Å². The maximum absolute atomic E-state index is 12.5. The Balaban J connectivity index is 1.49. The largest absolute Gasteiger partial charge is 0.484 e. The molecule has 1 fully saturated rings. The van der Waals surface area contributed by atoms with Gasteiger partial charge in [0.15, 0.2) is 6.61 Å². The van der Waals surface area contributed by atoms with Crippen LogP contribution in [0.5, 0.6) is 5.75 Å². The highest BCUT2D eigenvalue weighted by Gasteiger charge is 2.21. The molecule has 0 atom stereocenters. The first-order valence-electron chi connectivity index (χ1n) is 9.14. The van der Waals surface area contributed by atoms with Gasteiger partial charge in [0.1, 0.15) is 11.5 Å². The highest BCUT2D eigenvalue weighted by molar-refractivity contribution is 5.77. The quantitative estimate of drug-likeness (QED) is 0.823. The lowest BCUT2D eigenvalue weighted by atomic mass is 10.2. The van der Waals surface area contributed by atoms with Crippen LogP contribution in [0, 0.1) is 20.8 Å². The standard InChI is InChI=1S/C20H27N3O3/c1-15-5-7-18(8-6-15)25-14-20(24)23-10-4-9-22(11-12-23)13-19-16(2)21-26-17(19)3/h5-8H,4,9-14H2,1-3H3. The summed E-state index contributed by atoms with van der Waals surface area (Å²) in [4.78, 5) is 16.7. The second kappa shape index (κ2) is 8.36. The zero-order valence-corrected chi connectivity index (χ0v) is 15.8. The van der Waals surface area contributed by atoms with E-state index in [1.807, 2.05) is 49.9 Å². The van der Waals surface area contributed by atoms with Crippen molar-refractivity contribution in [1.82, 2.24) is 15.0 Å². The molecule has 1 amide bonds. The molecular formula is C20H27N3O3. The van der Waals surface area contributed by atoms with E-state index < -0.39 is 0 Å². The van der Waals surface area contributed by atoms with E-state index in [4.69, 9.17) is 9.26 Å². The first kappa shape index (κ1) is 18.5. The average molecular weight is 357 g/mol. The monoisotopic (exact) mass is 357 g/mol. The smallest absolute Gasteiger partial charge is 0.260 e. The van der Waals surface area contributed by atoms with Gasteiger partial charge in [-0.15, -0.1) is 0 Å². The van der Waals surface area contributed by atoms with Gasteiger partial charge in [-0.1, -0.05) is 22.9 Å². The molecule has 2 heterocycles. The summed E-state index contributed by atoms with van der Waals surface area (Å²) in [7, 11) is 0. The van der Waals surface area contributed by atoms with Crippen LogP contribution >= 0.6 is 0 Å². The minimum atomic E-state index is 0.0461. The van der Waals surface area contributed by atoms with Crippen LogP contribution in [0.2, 0.25) is 0 Å². The van der Waals surface area contributed by atoms with Gasteiger partial charge in [-0.3, -0.25) is 9.69 Å². The van der Waals surface area contributed by atoms with Gasteiger partial charge in [0.25, 0.3) is 5.91 Å². The molecule has 2 aromatic rings. The normalized spacial score (nSPS) is 15.7. The van der Waals surface area contributed by atoms with Crippen molar-refractivity contribution in [3.05, 3.63) is 46.8 Å². The number of aryl methyl sites for hydroxylation is 3. The van der Waals surface area contributed by atoms with Gasteiger partial charge < -0.3 is 14.2 Å². The second-order valence-electron chi connectivity index (χ2n) is 6.91. The van der Waals surface area contributed by atoms with Crippen LogP contribution in [0.1, 0.15) is 29.0 Å². The molecule has 3 rings (SSSR count). The molecule has 26 heavy (non-hydrogen) atoms. The molecule has 140 valence electrons. The van der Waals surface area contributed by atoms with Crippen LogP contribution in [0.3, 0.4) is 0 Å². The van der Waals surface area contributed by atoms with E-state index in [1.54, 1.807) is 0 Å². The molecule has 0 N–H and O–H groups in total. The Labute approximate surface area is 154 Å². The summed E-state index contributed by atoms with van der Waals surface area (Å²) in [6.45, 7) is 10.2. The summed E-state index contributed by atoms with van der Waals surface area (Å²) < 4.78 is 10.9. The highest BCUT2D eigenvalue weighted by atomic mass is 16.5. The van der Waals surface area contributed by atoms with Crippen molar-refractivity contribution < 1.29 is 14.1 Å². The second-order valence-corrected chi connectivity index (χ2v) is 6.91. The number of ether oxygens (including phenoxy) is 1. The Hall–Kier alpha value is -2.34. The van der Waals surface area contributed by atoms with Gasteiger partial charge in [-0.05, 0) is 39.3 Å². The predicted octanol–water partition coefficient (Wildman–Crippen LogP) is 2.71. The fourth-order valence-electron chi connectivity index (χ4n) is 3.20. The molecule has 0 aliphatic carbocycles. The van der Waals surface area contributed by atoms with E-state index in [0.717, 1.165) is 61.9 Å². The number of hydrogen-bond acceptors (Lipinski definition) is 5. The number of rotatable bonds is 5. The number of amides is 1. The van der Waals surface area contributed by atoms with Crippen molar-refractivity contribution in [2.24, 2.45) is 0 Å². The van der Waals surface area contributed by atoms with Crippen molar-refractivity contribution in [1.29, 1.82) is 0 Å². The Morgan fingerprint density at radius 3 is 2.58 bits per heavy atom.